The summed E-state index contributed by atoms with van der Waals surface area (Å²) < 4.78 is 26.6. The summed E-state index contributed by atoms with van der Waals surface area (Å²) in [4.78, 5) is 12.1. The van der Waals surface area contributed by atoms with Gasteiger partial charge in [0.15, 0.2) is 0 Å². The summed E-state index contributed by atoms with van der Waals surface area (Å²) in [5, 5.41) is 3.06. The van der Waals surface area contributed by atoms with Crippen LogP contribution < -0.4 is 5.32 Å². The summed E-state index contributed by atoms with van der Waals surface area (Å²) in [7, 11) is 0. The number of rotatable bonds is 3. The Hall–Kier alpha value is -1.94. The second kappa shape index (κ2) is 5.45. The third kappa shape index (κ3) is 2.90. The smallest absolute Gasteiger partial charge is 0.228 e. The molecule has 1 N–H and O–H groups in total. The zero-order valence-corrected chi connectivity index (χ0v) is 11.7. The minimum Gasteiger partial charge on any atom is -0.323 e. The number of hydrogen-bond donors (Lipinski definition) is 1. The van der Waals surface area contributed by atoms with Crippen molar-refractivity contribution in [2.45, 2.75) is 12.3 Å². The minimum absolute atomic E-state index is 0.0373. The number of carbonyl (C=O) groups is 1. The zero-order valence-electron chi connectivity index (χ0n) is 10.9. The molecule has 2 aromatic rings. The molecule has 2 atom stereocenters. The maximum Gasteiger partial charge on any atom is 0.228 e. The van der Waals surface area contributed by atoms with E-state index in [9.17, 15) is 13.6 Å². The first-order chi connectivity index (χ1) is 10.1. The third-order valence-corrected chi connectivity index (χ3v) is 3.96. The lowest BCUT2D eigenvalue weighted by Gasteiger charge is -2.07. The highest BCUT2D eigenvalue weighted by Crippen LogP contribution is 2.50. The van der Waals surface area contributed by atoms with Gasteiger partial charge < -0.3 is 5.32 Å². The maximum absolute atomic E-state index is 13.5. The molecule has 2 aromatic carbocycles. The molecule has 0 radical (unpaired) electrons. The molecule has 2 unspecified atom stereocenters. The summed E-state index contributed by atoms with van der Waals surface area (Å²) in [5.74, 6) is -1.78. The van der Waals surface area contributed by atoms with E-state index < -0.39 is 11.6 Å². The topological polar surface area (TPSA) is 29.1 Å². The van der Waals surface area contributed by atoms with Crippen molar-refractivity contribution in [1.82, 2.24) is 0 Å². The van der Waals surface area contributed by atoms with Crippen molar-refractivity contribution in [2.24, 2.45) is 5.92 Å². The fourth-order valence-corrected chi connectivity index (χ4v) is 2.70. The van der Waals surface area contributed by atoms with E-state index in [0.717, 1.165) is 23.8 Å². The van der Waals surface area contributed by atoms with Crippen molar-refractivity contribution in [1.29, 1.82) is 0 Å². The number of hydrogen-bond acceptors (Lipinski definition) is 1. The van der Waals surface area contributed by atoms with E-state index >= 15 is 0 Å². The Kier molecular flexibility index (Phi) is 3.64. The van der Waals surface area contributed by atoms with Gasteiger partial charge >= 0.3 is 0 Å². The summed E-state index contributed by atoms with van der Waals surface area (Å²) in [6.07, 6.45) is 0.659. The van der Waals surface area contributed by atoms with Crippen molar-refractivity contribution in [2.75, 3.05) is 5.32 Å². The van der Waals surface area contributed by atoms with E-state index in [1.807, 2.05) is 18.2 Å². The molecule has 3 rings (SSSR count). The first-order valence-corrected chi connectivity index (χ1v) is 6.94. The van der Waals surface area contributed by atoms with Gasteiger partial charge in [-0.3, -0.25) is 4.79 Å². The Morgan fingerprint density at radius 2 is 1.95 bits per heavy atom. The van der Waals surface area contributed by atoms with Gasteiger partial charge in [0.1, 0.15) is 11.6 Å². The molecule has 1 aliphatic rings. The molecule has 21 heavy (non-hydrogen) atoms. The molecule has 0 saturated heterocycles. The number of carbonyl (C=O) groups excluding carboxylic acids is 1. The number of nitrogens with one attached hydrogen (secondary N) is 1. The Labute approximate surface area is 125 Å². The normalized spacial score (nSPS) is 20.1. The summed E-state index contributed by atoms with van der Waals surface area (Å²) >= 11 is 6.09. The fraction of sp³-hybridized carbons (Fsp3) is 0.188. The highest BCUT2D eigenvalue weighted by molar-refractivity contribution is 6.31. The first kappa shape index (κ1) is 14.0. The van der Waals surface area contributed by atoms with Crippen LogP contribution in [0.2, 0.25) is 5.02 Å². The van der Waals surface area contributed by atoms with Crippen molar-refractivity contribution in [3.8, 4) is 0 Å². The Morgan fingerprint density at radius 1 is 1.19 bits per heavy atom. The molecule has 2 nitrogen and oxygen atoms in total. The Morgan fingerprint density at radius 3 is 2.71 bits per heavy atom. The van der Waals surface area contributed by atoms with Crippen LogP contribution in [0.15, 0.2) is 42.5 Å². The molecule has 1 aliphatic carbocycles. The van der Waals surface area contributed by atoms with Crippen molar-refractivity contribution in [3.63, 3.8) is 0 Å². The van der Waals surface area contributed by atoms with Crippen molar-refractivity contribution < 1.29 is 13.6 Å². The van der Waals surface area contributed by atoms with Crippen molar-refractivity contribution in [3.05, 3.63) is 64.7 Å². The van der Waals surface area contributed by atoms with E-state index in [1.165, 1.54) is 0 Å². The molecular weight excluding hydrogens is 296 g/mol. The molecule has 0 bridgehead atoms. The molecule has 5 heteroatoms. The standard InChI is InChI=1S/C16H12ClF2NO/c17-13-4-2-1-3-10(13)11-8-12(11)16(21)20-15-7-9(18)5-6-14(15)19/h1-7,11-12H,8H2,(H,20,21). The zero-order chi connectivity index (χ0) is 15.0. The lowest BCUT2D eigenvalue weighted by Crippen LogP contribution is -2.15. The predicted octanol–water partition coefficient (Wildman–Crippen LogP) is 4.36. The van der Waals surface area contributed by atoms with E-state index in [1.54, 1.807) is 6.07 Å². The first-order valence-electron chi connectivity index (χ1n) is 6.56. The molecule has 1 saturated carbocycles. The number of benzene rings is 2. The molecule has 0 heterocycles. The van der Waals surface area contributed by atoms with E-state index in [4.69, 9.17) is 11.6 Å². The van der Waals surface area contributed by atoms with Gasteiger partial charge in [-0.25, -0.2) is 8.78 Å². The van der Waals surface area contributed by atoms with Crippen LogP contribution >= 0.6 is 11.6 Å². The monoisotopic (exact) mass is 307 g/mol. The lowest BCUT2D eigenvalue weighted by atomic mass is 10.1. The highest BCUT2D eigenvalue weighted by Gasteiger charge is 2.44. The Bertz CT molecular complexity index is 704. The van der Waals surface area contributed by atoms with Crippen LogP contribution in [0.5, 0.6) is 0 Å². The molecule has 1 fully saturated rings. The van der Waals surface area contributed by atoms with E-state index in [-0.39, 0.29) is 23.4 Å². The quantitative estimate of drug-likeness (QED) is 0.897. The summed E-state index contributed by atoms with van der Waals surface area (Å²) in [6, 6.07) is 10.3. The highest BCUT2D eigenvalue weighted by atomic mass is 35.5. The van der Waals surface area contributed by atoms with Crippen LogP contribution in [0.1, 0.15) is 17.9 Å². The minimum atomic E-state index is -0.653. The largest absolute Gasteiger partial charge is 0.323 e. The maximum atomic E-state index is 13.5. The predicted molar refractivity (Wildman–Crippen MR) is 77.3 cm³/mol. The van der Waals surface area contributed by atoms with Gasteiger partial charge in [-0.1, -0.05) is 29.8 Å². The van der Waals surface area contributed by atoms with Gasteiger partial charge in [-0.05, 0) is 36.1 Å². The summed E-state index contributed by atoms with van der Waals surface area (Å²) in [6.45, 7) is 0. The average Bonchev–Trinajstić information content (AvgIpc) is 3.24. The van der Waals surface area contributed by atoms with Crippen LogP contribution in [0.4, 0.5) is 14.5 Å². The molecular formula is C16H12ClF2NO. The second-order valence-corrected chi connectivity index (χ2v) is 5.49. The molecule has 108 valence electrons. The second-order valence-electron chi connectivity index (χ2n) is 5.08. The van der Waals surface area contributed by atoms with Gasteiger partial charge in [-0.15, -0.1) is 0 Å². The van der Waals surface area contributed by atoms with Gasteiger partial charge in [0.05, 0.1) is 5.69 Å². The SMILES string of the molecule is O=C(Nc1cc(F)ccc1F)C1CC1c1ccccc1Cl. The van der Waals surface area contributed by atoms with Gasteiger partial charge in [0, 0.05) is 17.0 Å². The lowest BCUT2D eigenvalue weighted by molar-refractivity contribution is -0.117. The average molecular weight is 308 g/mol. The van der Waals surface area contributed by atoms with E-state index in [0.29, 0.717) is 11.4 Å². The van der Waals surface area contributed by atoms with Crippen LogP contribution in [0.3, 0.4) is 0 Å². The number of amides is 1. The fourth-order valence-electron chi connectivity index (χ4n) is 2.42. The number of anilines is 1. The van der Waals surface area contributed by atoms with Crippen LogP contribution in [0, 0.1) is 17.6 Å². The van der Waals surface area contributed by atoms with Crippen LogP contribution in [-0.4, -0.2) is 5.91 Å². The summed E-state index contributed by atoms with van der Waals surface area (Å²) in [5.41, 5.74) is 0.781. The van der Waals surface area contributed by atoms with Gasteiger partial charge in [0.2, 0.25) is 5.91 Å². The third-order valence-electron chi connectivity index (χ3n) is 3.62. The van der Waals surface area contributed by atoms with Gasteiger partial charge in [-0.2, -0.15) is 0 Å². The van der Waals surface area contributed by atoms with E-state index in [2.05, 4.69) is 5.32 Å². The van der Waals surface area contributed by atoms with Crippen molar-refractivity contribution >= 4 is 23.2 Å². The molecule has 0 aliphatic heterocycles. The molecule has 0 aromatic heterocycles. The van der Waals surface area contributed by atoms with Gasteiger partial charge in [0.25, 0.3) is 0 Å². The molecule has 1 amide bonds. The van der Waals surface area contributed by atoms with Crippen LogP contribution in [0.25, 0.3) is 0 Å². The Balaban J connectivity index is 1.71. The van der Waals surface area contributed by atoms with Crippen LogP contribution in [-0.2, 0) is 4.79 Å². The number of halogens is 3. The molecule has 0 spiro atoms.